The minimum Gasteiger partial charge on any atom is -0.283 e. The molecule has 0 aliphatic carbocycles. The van der Waals surface area contributed by atoms with Crippen LogP contribution in [0.5, 0.6) is 0 Å². The summed E-state index contributed by atoms with van der Waals surface area (Å²) in [5.41, 5.74) is 2.16. The minimum absolute atomic E-state index is 0.238. The largest absolute Gasteiger partial charge is 0.283 e. The summed E-state index contributed by atoms with van der Waals surface area (Å²) in [6, 6.07) is 21.1. The fraction of sp³-hybridized carbons (Fsp3) is 0.130. The van der Waals surface area contributed by atoms with Gasteiger partial charge in [0.05, 0.1) is 23.7 Å². The molecule has 1 heterocycles. The molecule has 0 bridgehead atoms. The van der Waals surface area contributed by atoms with E-state index in [1.165, 1.54) is 11.1 Å². The standard InChI is InChI=1S/C23H20FN3O3S/c1-31(29,30)26-20-14-8-6-12-18(20)21-15-22(17-11-5-7-13-19(17)24)27(25-21)23(28)16-9-3-2-4-10-16/h2-14,22,26H,15H2,1H3/t22-/m0/s1. The number of para-hydroxylation sites is 1. The van der Waals surface area contributed by atoms with Crippen LogP contribution in [0.25, 0.3) is 0 Å². The Morgan fingerprint density at radius 2 is 1.65 bits per heavy atom. The molecule has 0 aromatic heterocycles. The number of sulfonamides is 1. The summed E-state index contributed by atoms with van der Waals surface area (Å²) in [6.07, 6.45) is 1.30. The van der Waals surface area contributed by atoms with Gasteiger partial charge in [-0.2, -0.15) is 5.10 Å². The smallest absolute Gasteiger partial charge is 0.274 e. The SMILES string of the molecule is CS(=O)(=O)Nc1ccccc1C1=NN(C(=O)c2ccccc2)[C@H](c2ccccc2F)C1. The molecule has 0 unspecified atom stereocenters. The van der Waals surface area contributed by atoms with Crippen LogP contribution in [0.4, 0.5) is 10.1 Å². The molecule has 1 aliphatic rings. The van der Waals surface area contributed by atoms with Crippen LogP contribution in [-0.4, -0.2) is 31.3 Å². The van der Waals surface area contributed by atoms with Gasteiger partial charge >= 0.3 is 0 Å². The zero-order valence-electron chi connectivity index (χ0n) is 16.7. The number of amides is 1. The van der Waals surface area contributed by atoms with Gasteiger partial charge in [0.25, 0.3) is 5.91 Å². The molecule has 31 heavy (non-hydrogen) atoms. The highest BCUT2D eigenvalue weighted by molar-refractivity contribution is 7.92. The van der Waals surface area contributed by atoms with Gasteiger partial charge in [0.15, 0.2) is 0 Å². The number of carbonyl (C=O) groups is 1. The molecule has 1 amide bonds. The van der Waals surface area contributed by atoms with Crippen molar-refractivity contribution < 1.29 is 17.6 Å². The average Bonchev–Trinajstić information content (AvgIpc) is 3.18. The third kappa shape index (κ3) is 4.49. The van der Waals surface area contributed by atoms with Crippen LogP contribution in [0, 0.1) is 5.82 Å². The molecular weight excluding hydrogens is 417 g/mol. The number of nitrogens with zero attached hydrogens (tertiary/aromatic N) is 2. The minimum atomic E-state index is -3.52. The third-order valence-electron chi connectivity index (χ3n) is 4.94. The lowest BCUT2D eigenvalue weighted by molar-refractivity contribution is 0.0708. The van der Waals surface area contributed by atoms with Gasteiger partial charge < -0.3 is 0 Å². The summed E-state index contributed by atoms with van der Waals surface area (Å²) in [5, 5.41) is 5.80. The van der Waals surface area contributed by atoms with Crippen molar-refractivity contribution in [1.29, 1.82) is 0 Å². The Morgan fingerprint density at radius 3 is 2.35 bits per heavy atom. The number of halogens is 1. The first kappa shape index (κ1) is 20.7. The number of hydrogen-bond donors (Lipinski definition) is 1. The van der Waals surface area contributed by atoms with Crippen molar-refractivity contribution >= 4 is 27.3 Å². The van der Waals surface area contributed by atoms with E-state index in [0.717, 1.165) is 6.26 Å². The molecule has 0 saturated heterocycles. The number of anilines is 1. The fourth-order valence-corrected chi connectivity index (χ4v) is 4.16. The molecular formula is C23H20FN3O3S. The molecule has 0 spiro atoms. The normalized spacial score (nSPS) is 16.1. The Morgan fingerprint density at radius 1 is 1.00 bits per heavy atom. The lowest BCUT2D eigenvalue weighted by atomic mass is 9.97. The van der Waals surface area contributed by atoms with Crippen molar-refractivity contribution in [2.24, 2.45) is 5.10 Å². The van der Waals surface area contributed by atoms with E-state index >= 15 is 0 Å². The Labute approximate surface area is 180 Å². The first-order valence-corrected chi connectivity index (χ1v) is 11.5. The van der Waals surface area contributed by atoms with Crippen molar-refractivity contribution in [2.75, 3.05) is 11.0 Å². The molecule has 3 aromatic carbocycles. The van der Waals surface area contributed by atoms with Gasteiger partial charge in [-0.25, -0.2) is 17.8 Å². The number of hydrogen-bond acceptors (Lipinski definition) is 4. The van der Waals surface area contributed by atoms with Crippen LogP contribution in [0.15, 0.2) is 84.0 Å². The van der Waals surface area contributed by atoms with Crippen molar-refractivity contribution in [3.63, 3.8) is 0 Å². The van der Waals surface area contributed by atoms with E-state index in [4.69, 9.17) is 0 Å². The van der Waals surface area contributed by atoms with E-state index in [2.05, 4.69) is 9.82 Å². The number of carbonyl (C=O) groups excluding carboxylic acids is 1. The van der Waals surface area contributed by atoms with Crippen LogP contribution in [0.1, 0.15) is 33.9 Å². The highest BCUT2D eigenvalue weighted by Gasteiger charge is 2.35. The maximum absolute atomic E-state index is 14.6. The summed E-state index contributed by atoms with van der Waals surface area (Å²) in [7, 11) is -3.52. The molecule has 0 radical (unpaired) electrons. The highest BCUT2D eigenvalue weighted by Crippen LogP contribution is 2.36. The summed E-state index contributed by atoms with van der Waals surface area (Å²) >= 11 is 0. The van der Waals surface area contributed by atoms with Crippen molar-refractivity contribution in [1.82, 2.24) is 5.01 Å². The fourth-order valence-electron chi connectivity index (χ4n) is 3.58. The number of nitrogens with one attached hydrogen (secondary N) is 1. The monoisotopic (exact) mass is 437 g/mol. The molecule has 6 nitrogen and oxygen atoms in total. The average molecular weight is 437 g/mol. The van der Waals surface area contributed by atoms with Gasteiger partial charge in [-0.15, -0.1) is 0 Å². The molecule has 0 saturated carbocycles. The third-order valence-corrected chi connectivity index (χ3v) is 5.53. The van der Waals surface area contributed by atoms with Gasteiger partial charge in [0, 0.05) is 23.1 Å². The maximum atomic E-state index is 14.6. The molecule has 8 heteroatoms. The summed E-state index contributed by atoms with van der Waals surface area (Å²) in [4.78, 5) is 13.2. The Bertz CT molecular complexity index is 1260. The van der Waals surface area contributed by atoms with Crippen LogP contribution in [0.2, 0.25) is 0 Å². The van der Waals surface area contributed by atoms with Crippen LogP contribution >= 0.6 is 0 Å². The first-order valence-electron chi connectivity index (χ1n) is 9.61. The quantitative estimate of drug-likeness (QED) is 0.650. The lowest BCUT2D eigenvalue weighted by Gasteiger charge is -2.22. The summed E-state index contributed by atoms with van der Waals surface area (Å²) in [5.74, 6) is -0.797. The molecule has 1 atom stereocenters. The predicted octanol–water partition coefficient (Wildman–Crippen LogP) is 4.19. The van der Waals surface area contributed by atoms with E-state index in [0.29, 0.717) is 28.1 Å². The second kappa shape index (κ2) is 8.31. The topological polar surface area (TPSA) is 78.8 Å². The van der Waals surface area contributed by atoms with Gasteiger partial charge in [0.2, 0.25) is 10.0 Å². The Kier molecular flexibility index (Phi) is 5.56. The number of rotatable bonds is 5. The van der Waals surface area contributed by atoms with Gasteiger partial charge in [-0.05, 0) is 24.3 Å². The molecule has 4 rings (SSSR count). The number of hydrazone groups is 1. The van der Waals surface area contributed by atoms with Gasteiger partial charge in [0.1, 0.15) is 5.82 Å². The molecule has 1 aliphatic heterocycles. The van der Waals surface area contributed by atoms with Crippen molar-refractivity contribution in [3.8, 4) is 0 Å². The zero-order chi connectivity index (χ0) is 22.0. The maximum Gasteiger partial charge on any atom is 0.274 e. The van der Waals surface area contributed by atoms with Crippen LogP contribution in [0.3, 0.4) is 0 Å². The van der Waals surface area contributed by atoms with E-state index in [1.54, 1.807) is 72.8 Å². The summed E-state index contributed by atoms with van der Waals surface area (Å²) < 4.78 is 40.7. The van der Waals surface area contributed by atoms with Crippen molar-refractivity contribution in [3.05, 3.63) is 101 Å². The lowest BCUT2D eigenvalue weighted by Crippen LogP contribution is -2.27. The molecule has 158 valence electrons. The zero-order valence-corrected chi connectivity index (χ0v) is 17.5. The van der Waals surface area contributed by atoms with E-state index < -0.39 is 21.9 Å². The predicted molar refractivity (Wildman–Crippen MR) is 118 cm³/mol. The first-order chi connectivity index (χ1) is 14.8. The van der Waals surface area contributed by atoms with E-state index in [9.17, 15) is 17.6 Å². The summed E-state index contributed by atoms with van der Waals surface area (Å²) in [6.45, 7) is 0. The Balaban J connectivity index is 1.79. The number of benzene rings is 3. The van der Waals surface area contributed by atoms with E-state index in [1.807, 2.05) is 0 Å². The molecule has 0 fully saturated rings. The van der Waals surface area contributed by atoms with Crippen molar-refractivity contribution in [2.45, 2.75) is 12.5 Å². The van der Waals surface area contributed by atoms with Crippen LogP contribution in [-0.2, 0) is 10.0 Å². The second-order valence-electron chi connectivity index (χ2n) is 7.22. The molecule has 3 aromatic rings. The van der Waals surface area contributed by atoms with E-state index in [-0.39, 0.29) is 12.3 Å². The molecule has 1 N–H and O–H groups in total. The van der Waals surface area contributed by atoms with Crippen LogP contribution < -0.4 is 4.72 Å². The van der Waals surface area contributed by atoms with Gasteiger partial charge in [-0.1, -0.05) is 54.6 Å². The Hall–Kier alpha value is -3.52. The van der Waals surface area contributed by atoms with Gasteiger partial charge in [-0.3, -0.25) is 9.52 Å². The second-order valence-corrected chi connectivity index (χ2v) is 8.97. The highest BCUT2D eigenvalue weighted by atomic mass is 32.2.